The quantitative estimate of drug-likeness (QED) is 0.746. The first-order chi connectivity index (χ1) is 5.34. The minimum absolute atomic E-state index is 0.626. The second-order valence-electron chi connectivity index (χ2n) is 2.06. The van der Waals surface area contributed by atoms with Gasteiger partial charge < -0.3 is 11.1 Å². The zero-order valence-electron chi connectivity index (χ0n) is 6.05. The van der Waals surface area contributed by atoms with Crippen molar-refractivity contribution in [2.75, 3.05) is 18.4 Å². The second-order valence-corrected chi connectivity index (χ2v) is 2.81. The first-order valence-electron chi connectivity index (χ1n) is 3.39. The smallest absolute Gasteiger partial charge is 0.129 e. The van der Waals surface area contributed by atoms with E-state index in [4.69, 9.17) is 5.73 Å². The third kappa shape index (κ3) is 2.48. The minimum Gasteiger partial charge on any atom is -0.382 e. The van der Waals surface area contributed by atoms with Crippen LogP contribution in [0.3, 0.4) is 0 Å². The van der Waals surface area contributed by atoms with Gasteiger partial charge in [-0.15, -0.1) is 0 Å². The molecule has 0 radical (unpaired) electrons. The molecule has 0 amide bonds. The van der Waals surface area contributed by atoms with E-state index in [1.54, 1.807) is 6.20 Å². The zero-order chi connectivity index (χ0) is 8.10. The summed E-state index contributed by atoms with van der Waals surface area (Å²) in [5.74, 6) is 0. The molecule has 0 fully saturated rings. The fourth-order valence-corrected chi connectivity index (χ4v) is 1.12. The van der Waals surface area contributed by atoms with E-state index in [0.717, 1.165) is 16.8 Å². The number of nitrogens with zero attached hydrogens (tertiary/aromatic N) is 1. The maximum absolute atomic E-state index is 5.33. The Bertz CT molecular complexity index is 227. The Balaban J connectivity index is 2.62. The number of pyridine rings is 1. The highest BCUT2D eigenvalue weighted by molar-refractivity contribution is 9.10. The second kappa shape index (κ2) is 4.31. The van der Waals surface area contributed by atoms with Crippen LogP contribution < -0.4 is 11.1 Å². The largest absolute Gasteiger partial charge is 0.382 e. The molecule has 0 unspecified atom stereocenters. The third-order valence-corrected chi connectivity index (χ3v) is 1.85. The molecule has 0 saturated heterocycles. The van der Waals surface area contributed by atoms with E-state index in [-0.39, 0.29) is 0 Å². The number of hydrogen-bond acceptors (Lipinski definition) is 3. The Kier molecular flexibility index (Phi) is 3.32. The molecule has 0 spiro atoms. The predicted molar refractivity (Wildman–Crippen MR) is 49.5 cm³/mol. The van der Waals surface area contributed by atoms with Crippen LogP contribution in [0, 0.1) is 0 Å². The molecule has 0 aliphatic carbocycles. The van der Waals surface area contributed by atoms with Gasteiger partial charge in [0.05, 0.1) is 5.69 Å². The Morgan fingerprint density at radius 2 is 2.45 bits per heavy atom. The molecule has 1 rings (SSSR count). The van der Waals surface area contributed by atoms with Crippen LogP contribution in [0.1, 0.15) is 0 Å². The monoisotopic (exact) mass is 215 g/mol. The topological polar surface area (TPSA) is 50.9 Å². The fourth-order valence-electron chi connectivity index (χ4n) is 0.725. The van der Waals surface area contributed by atoms with Gasteiger partial charge in [0, 0.05) is 19.3 Å². The van der Waals surface area contributed by atoms with Crippen LogP contribution in [0.4, 0.5) is 5.69 Å². The normalized spacial score (nSPS) is 9.64. The average Bonchev–Trinajstić information content (AvgIpc) is 2.03. The van der Waals surface area contributed by atoms with Gasteiger partial charge in [-0.2, -0.15) is 0 Å². The molecule has 3 N–H and O–H groups in total. The van der Waals surface area contributed by atoms with Gasteiger partial charge in [0.25, 0.3) is 0 Å². The summed E-state index contributed by atoms with van der Waals surface area (Å²) in [7, 11) is 0. The maximum atomic E-state index is 5.33. The van der Waals surface area contributed by atoms with Gasteiger partial charge in [-0.3, -0.25) is 0 Å². The van der Waals surface area contributed by atoms with E-state index in [9.17, 15) is 0 Å². The van der Waals surface area contributed by atoms with Crippen LogP contribution in [-0.4, -0.2) is 18.1 Å². The van der Waals surface area contributed by atoms with Crippen molar-refractivity contribution >= 4 is 21.6 Å². The first kappa shape index (κ1) is 8.49. The maximum Gasteiger partial charge on any atom is 0.129 e. The molecule has 4 heteroatoms. The van der Waals surface area contributed by atoms with E-state index in [2.05, 4.69) is 26.2 Å². The van der Waals surface area contributed by atoms with Gasteiger partial charge in [0.15, 0.2) is 0 Å². The van der Waals surface area contributed by atoms with Gasteiger partial charge in [0.1, 0.15) is 4.60 Å². The first-order valence-corrected chi connectivity index (χ1v) is 4.18. The van der Waals surface area contributed by atoms with Crippen molar-refractivity contribution in [3.63, 3.8) is 0 Å². The van der Waals surface area contributed by atoms with E-state index < -0.39 is 0 Å². The highest BCUT2D eigenvalue weighted by Gasteiger charge is 1.95. The highest BCUT2D eigenvalue weighted by atomic mass is 79.9. The number of hydrogen-bond donors (Lipinski definition) is 2. The van der Waals surface area contributed by atoms with Crippen LogP contribution in [0.2, 0.25) is 0 Å². The molecule has 0 atom stereocenters. The lowest BCUT2D eigenvalue weighted by Gasteiger charge is -2.04. The number of halogens is 1. The summed E-state index contributed by atoms with van der Waals surface area (Å²) in [5, 5.41) is 3.13. The molecule has 1 aromatic rings. The van der Waals surface area contributed by atoms with Crippen molar-refractivity contribution in [3.05, 3.63) is 22.9 Å². The molecular weight excluding hydrogens is 206 g/mol. The predicted octanol–water partition coefficient (Wildman–Crippen LogP) is 1.21. The van der Waals surface area contributed by atoms with Crippen molar-refractivity contribution in [2.45, 2.75) is 0 Å². The van der Waals surface area contributed by atoms with Crippen molar-refractivity contribution in [1.82, 2.24) is 4.98 Å². The summed E-state index contributed by atoms with van der Waals surface area (Å²) in [6.07, 6.45) is 1.73. The van der Waals surface area contributed by atoms with Crippen LogP contribution in [0.25, 0.3) is 0 Å². The summed E-state index contributed by atoms with van der Waals surface area (Å²) in [6.45, 7) is 1.39. The lowest BCUT2D eigenvalue weighted by atomic mass is 10.4. The molecule has 0 saturated carbocycles. The standard InChI is InChI=1S/C7H10BrN3/c8-7-6(10-5-3-9)2-1-4-11-7/h1-2,4,10H,3,5,9H2. The molecule has 11 heavy (non-hydrogen) atoms. The summed E-state index contributed by atoms with van der Waals surface area (Å²) < 4.78 is 0.827. The lowest BCUT2D eigenvalue weighted by molar-refractivity contribution is 1.02. The SMILES string of the molecule is NCCNc1cccnc1Br. The number of nitrogens with one attached hydrogen (secondary N) is 1. The van der Waals surface area contributed by atoms with Gasteiger partial charge in [-0.05, 0) is 28.1 Å². The summed E-state index contributed by atoms with van der Waals surface area (Å²) >= 11 is 3.31. The summed E-state index contributed by atoms with van der Waals surface area (Å²) in [6, 6.07) is 3.83. The fraction of sp³-hybridized carbons (Fsp3) is 0.286. The molecule has 0 bridgehead atoms. The molecular formula is C7H10BrN3. The average molecular weight is 216 g/mol. The third-order valence-electron chi connectivity index (χ3n) is 1.22. The van der Waals surface area contributed by atoms with E-state index in [0.29, 0.717) is 6.54 Å². The Morgan fingerprint density at radius 1 is 1.64 bits per heavy atom. The molecule has 3 nitrogen and oxygen atoms in total. The number of rotatable bonds is 3. The Labute approximate surface area is 74.1 Å². The molecule has 60 valence electrons. The van der Waals surface area contributed by atoms with E-state index in [1.165, 1.54) is 0 Å². The molecule has 0 aromatic carbocycles. The number of anilines is 1. The number of nitrogens with two attached hydrogens (primary N) is 1. The van der Waals surface area contributed by atoms with Crippen LogP contribution >= 0.6 is 15.9 Å². The molecule has 0 aliphatic rings. The van der Waals surface area contributed by atoms with Crippen molar-refractivity contribution in [3.8, 4) is 0 Å². The van der Waals surface area contributed by atoms with Crippen molar-refractivity contribution in [2.24, 2.45) is 5.73 Å². The van der Waals surface area contributed by atoms with Gasteiger partial charge in [0.2, 0.25) is 0 Å². The zero-order valence-corrected chi connectivity index (χ0v) is 7.63. The highest BCUT2D eigenvalue weighted by Crippen LogP contribution is 2.17. The summed E-state index contributed by atoms with van der Waals surface area (Å²) in [5.41, 5.74) is 6.31. The van der Waals surface area contributed by atoms with E-state index >= 15 is 0 Å². The Morgan fingerprint density at radius 3 is 3.09 bits per heavy atom. The van der Waals surface area contributed by atoms with E-state index in [1.807, 2.05) is 12.1 Å². The number of aromatic nitrogens is 1. The minimum atomic E-state index is 0.626. The summed E-state index contributed by atoms with van der Waals surface area (Å²) in [4.78, 5) is 4.05. The lowest BCUT2D eigenvalue weighted by Crippen LogP contribution is -2.13. The van der Waals surface area contributed by atoms with Crippen LogP contribution in [0.15, 0.2) is 22.9 Å². The van der Waals surface area contributed by atoms with Crippen LogP contribution in [-0.2, 0) is 0 Å². The molecule has 1 aromatic heterocycles. The van der Waals surface area contributed by atoms with Crippen LogP contribution in [0.5, 0.6) is 0 Å². The van der Waals surface area contributed by atoms with Crippen molar-refractivity contribution < 1.29 is 0 Å². The van der Waals surface area contributed by atoms with Gasteiger partial charge in [-0.25, -0.2) is 4.98 Å². The van der Waals surface area contributed by atoms with Gasteiger partial charge in [-0.1, -0.05) is 0 Å². The van der Waals surface area contributed by atoms with Gasteiger partial charge >= 0.3 is 0 Å². The molecule has 0 aliphatic heterocycles. The van der Waals surface area contributed by atoms with Crippen molar-refractivity contribution in [1.29, 1.82) is 0 Å². The molecule has 1 heterocycles. The Hall–Kier alpha value is -0.610.